The van der Waals surface area contributed by atoms with Crippen LogP contribution in [0, 0.1) is 5.41 Å². The molecule has 1 atom stereocenters. The first-order chi connectivity index (χ1) is 8.99. The van der Waals surface area contributed by atoms with Gasteiger partial charge >= 0.3 is 0 Å². The molecule has 2 rings (SSSR count). The van der Waals surface area contributed by atoms with Gasteiger partial charge in [-0.2, -0.15) is 0 Å². The van der Waals surface area contributed by atoms with Gasteiger partial charge in [0.25, 0.3) is 0 Å². The van der Waals surface area contributed by atoms with Crippen molar-refractivity contribution in [3.8, 4) is 0 Å². The minimum absolute atomic E-state index is 0.0533. The van der Waals surface area contributed by atoms with Crippen LogP contribution in [0.1, 0.15) is 44.2 Å². The Bertz CT molecular complexity index is 514. The van der Waals surface area contributed by atoms with Gasteiger partial charge in [-0.05, 0) is 18.0 Å². The van der Waals surface area contributed by atoms with Gasteiger partial charge in [0.1, 0.15) is 6.04 Å². The Labute approximate surface area is 114 Å². The molecule has 19 heavy (non-hydrogen) atoms. The van der Waals surface area contributed by atoms with Crippen LogP contribution in [-0.2, 0) is 6.42 Å². The topological polar surface area (TPSA) is 51.0 Å². The van der Waals surface area contributed by atoms with E-state index in [0.29, 0.717) is 11.8 Å². The first-order valence-corrected chi connectivity index (χ1v) is 6.54. The third-order valence-corrected chi connectivity index (χ3v) is 2.83. The molecule has 1 aromatic heterocycles. The summed E-state index contributed by atoms with van der Waals surface area (Å²) in [5, 5.41) is 11.5. The summed E-state index contributed by atoms with van der Waals surface area (Å²) in [6, 6.07) is 10.1. The van der Waals surface area contributed by atoms with Gasteiger partial charge < -0.3 is 9.73 Å². The molecule has 0 spiro atoms. The lowest BCUT2D eigenvalue weighted by Gasteiger charge is -2.15. The monoisotopic (exact) mass is 259 g/mol. The molecule has 0 saturated carbocycles. The van der Waals surface area contributed by atoms with Crippen molar-refractivity contribution in [2.45, 2.75) is 33.2 Å². The van der Waals surface area contributed by atoms with E-state index in [9.17, 15) is 0 Å². The van der Waals surface area contributed by atoms with Gasteiger partial charge in [-0.15, -0.1) is 10.2 Å². The van der Waals surface area contributed by atoms with Gasteiger partial charge in [0.2, 0.25) is 11.8 Å². The van der Waals surface area contributed by atoms with Gasteiger partial charge in [0, 0.05) is 6.42 Å². The van der Waals surface area contributed by atoms with Gasteiger partial charge in [0.05, 0.1) is 0 Å². The van der Waals surface area contributed by atoms with Crippen molar-refractivity contribution >= 4 is 0 Å². The van der Waals surface area contributed by atoms with Crippen LogP contribution in [0.4, 0.5) is 0 Å². The maximum atomic E-state index is 5.78. The van der Waals surface area contributed by atoms with Crippen LogP contribution < -0.4 is 5.32 Å². The molecule has 0 aliphatic carbocycles. The van der Waals surface area contributed by atoms with Crippen LogP contribution in [0.2, 0.25) is 0 Å². The SMILES string of the molecule is CNC(c1ccccc1)c1nnc(CC(C)(C)C)o1. The van der Waals surface area contributed by atoms with Gasteiger partial charge in [-0.3, -0.25) is 0 Å². The molecule has 0 amide bonds. The number of nitrogens with zero attached hydrogens (tertiary/aromatic N) is 2. The number of nitrogens with one attached hydrogen (secondary N) is 1. The predicted octanol–water partition coefficient (Wildman–Crippen LogP) is 2.97. The second-order valence-electron chi connectivity index (χ2n) is 5.90. The lowest BCUT2D eigenvalue weighted by atomic mass is 9.92. The Balaban J connectivity index is 2.21. The van der Waals surface area contributed by atoms with Crippen LogP contribution >= 0.6 is 0 Å². The highest BCUT2D eigenvalue weighted by molar-refractivity contribution is 5.23. The first kappa shape index (κ1) is 13.7. The molecule has 1 heterocycles. The smallest absolute Gasteiger partial charge is 0.237 e. The highest BCUT2D eigenvalue weighted by Crippen LogP contribution is 2.24. The third kappa shape index (κ3) is 3.64. The Morgan fingerprint density at radius 3 is 2.42 bits per heavy atom. The highest BCUT2D eigenvalue weighted by Gasteiger charge is 2.21. The summed E-state index contributed by atoms with van der Waals surface area (Å²) in [7, 11) is 1.89. The molecule has 0 fully saturated rings. The van der Waals surface area contributed by atoms with Crippen LogP contribution in [0.5, 0.6) is 0 Å². The Kier molecular flexibility index (Phi) is 4.00. The molecule has 4 heteroatoms. The fraction of sp³-hybridized carbons (Fsp3) is 0.467. The summed E-state index contributed by atoms with van der Waals surface area (Å²) in [4.78, 5) is 0. The minimum Gasteiger partial charge on any atom is -0.423 e. The number of hydrogen-bond donors (Lipinski definition) is 1. The maximum Gasteiger partial charge on any atom is 0.237 e. The molecule has 2 aromatic rings. The average Bonchev–Trinajstić information content (AvgIpc) is 2.77. The number of aromatic nitrogens is 2. The largest absolute Gasteiger partial charge is 0.423 e. The van der Waals surface area contributed by atoms with Crippen molar-refractivity contribution in [3.63, 3.8) is 0 Å². The van der Waals surface area contributed by atoms with E-state index in [0.717, 1.165) is 12.0 Å². The first-order valence-electron chi connectivity index (χ1n) is 6.54. The van der Waals surface area contributed by atoms with E-state index in [-0.39, 0.29) is 11.5 Å². The van der Waals surface area contributed by atoms with Gasteiger partial charge in [0.15, 0.2) is 0 Å². The standard InChI is InChI=1S/C15H21N3O/c1-15(2,3)10-12-17-18-14(19-12)13(16-4)11-8-6-5-7-9-11/h5-9,13,16H,10H2,1-4H3. The second kappa shape index (κ2) is 5.53. The highest BCUT2D eigenvalue weighted by atomic mass is 16.4. The Hall–Kier alpha value is -1.68. The van der Waals surface area contributed by atoms with Gasteiger partial charge in [-0.25, -0.2) is 0 Å². The summed E-state index contributed by atoms with van der Waals surface area (Å²) >= 11 is 0. The zero-order chi connectivity index (χ0) is 13.9. The van der Waals surface area contributed by atoms with E-state index in [1.165, 1.54) is 0 Å². The fourth-order valence-electron chi connectivity index (χ4n) is 1.99. The summed E-state index contributed by atoms with van der Waals surface area (Å²) in [5.41, 5.74) is 1.27. The molecule has 0 bridgehead atoms. The van der Waals surface area contributed by atoms with Crippen molar-refractivity contribution in [1.82, 2.24) is 15.5 Å². The maximum absolute atomic E-state index is 5.78. The average molecular weight is 259 g/mol. The Morgan fingerprint density at radius 2 is 1.84 bits per heavy atom. The fourth-order valence-corrected chi connectivity index (χ4v) is 1.99. The summed E-state index contributed by atoms with van der Waals surface area (Å²) in [5.74, 6) is 1.31. The summed E-state index contributed by atoms with van der Waals surface area (Å²) < 4.78 is 5.78. The number of hydrogen-bond acceptors (Lipinski definition) is 4. The molecule has 0 aliphatic heterocycles. The zero-order valence-electron chi connectivity index (χ0n) is 12.0. The van der Waals surface area contributed by atoms with Gasteiger partial charge in [-0.1, -0.05) is 51.1 Å². The molecule has 1 aromatic carbocycles. The molecule has 0 saturated heterocycles. The van der Waals surface area contributed by atoms with E-state index in [2.05, 4.69) is 48.4 Å². The van der Waals surface area contributed by atoms with Crippen LogP contribution in [0.15, 0.2) is 34.7 Å². The normalized spacial score (nSPS) is 13.5. The van der Waals surface area contributed by atoms with E-state index in [4.69, 9.17) is 4.42 Å². The molecular weight excluding hydrogens is 238 g/mol. The van der Waals surface area contributed by atoms with Crippen molar-refractivity contribution in [2.75, 3.05) is 7.05 Å². The Morgan fingerprint density at radius 1 is 1.16 bits per heavy atom. The molecule has 0 aliphatic rings. The lowest BCUT2D eigenvalue weighted by Crippen LogP contribution is -2.17. The second-order valence-corrected chi connectivity index (χ2v) is 5.90. The van der Waals surface area contributed by atoms with Crippen LogP contribution in [0.3, 0.4) is 0 Å². The van der Waals surface area contributed by atoms with E-state index in [1.54, 1.807) is 0 Å². The molecule has 1 N–H and O–H groups in total. The van der Waals surface area contributed by atoms with Crippen molar-refractivity contribution in [2.24, 2.45) is 5.41 Å². The van der Waals surface area contributed by atoms with Crippen molar-refractivity contribution < 1.29 is 4.42 Å². The van der Waals surface area contributed by atoms with Crippen LogP contribution in [0.25, 0.3) is 0 Å². The predicted molar refractivity (Wildman–Crippen MR) is 74.8 cm³/mol. The lowest BCUT2D eigenvalue weighted by molar-refractivity contribution is 0.337. The van der Waals surface area contributed by atoms with E-state index in [1.807, 2.05) is 25.2 Å². The molecule has 4 nitrogen and oxygen atoms in total. The molecule has 0 radical (unpaired) electrons. The molecular formula is C15H21N3O. The van der Waals surface area contributed by atoms with Crippen molar-refractivity contribution in [3.05, 3.63) is 47.7 Å². The zero-order valence-corrected chi connectivity index (χ0v) is 12.0. The quantitative estimate of drug-likeness (QED) is 0.917. The molecule has 1 unspecified atom stereocenters. The van der Waals surface area contributed by atoms with Crippen molar-refractivity contribution in [1.29, 1.82) is 0 Å². The third-order valence-electron chi connectivity index (χ3n) is 2.83. The summed E-state index contributed by atoms with van der Waals surface area (Å²) in [6.45, 7) is 6.47. The number of rotatable bonds is 4. The minimum atomic E-state index is -0.0533. The van der Waals surface area contributed by atoms with Crippen LogP contribution in [-0.4, -0.2) is 17.2 Å². The molecule has 102 valence electrons. The van der Waals surface area contributed by atoms with E-state index < -0.39 is 0 Å². The number of benzene rings is 1. The summed E-state index contributed by atoms with van der Waals surface area (Å²) in [6.07, 6.45) is 0.783. The van der Waals surface area contributed by atoms with E-state index >= 15 is 0 Å².